The van der Waals surface area contributed by atoms with Crippen molar-refractivity contribution in [1.29, 1.82) is 0 Å². The first kappa shape index (κ1) is 21.0. The molecule has 0 heterocycles. The second kappa shape index (κ2) is 10.7. The molecule has 2 rings (SSSR count). The number of unbranched alkanes of at least 4 members (excludes halogenated alkanes) is 6. The monoisotopic (exact) mass is 358 g/mol. The Bertz CT molecular complexity index is 518. The first-order valence-corrected chi connectivity index (χ1v) is 10.8. The molecule has 146 valence electrons. The van der Waals surface area contributed by atoms with Crippen LogP contribution in [0.25, 0.3) is 0 Å². The van der Waals surface area contributed by atoms with Crippen molar-refractivity contribution in [3.63, 3.8) is 0 Å². The number of amides is 1. The van der Waals surface area contributed by atoms with Gasteiger partial charge in [0.1, 0.15) is 0 Å². The van der Waals surface area contributed by atoms with Gasteiger partial charge in [0.2, 0.25) is 5.91 Å². The van der Waals surface area contributed by atoms with Crippen LogP contribution >= 0.6 is 0 Å². The van der Waals surface area contributed by atoms with E-state index in [-0.39, 0.29) is 5.41 Å². The number of rotatable bonds is 13. The predicted molar refractivity (Wildman–Crippen MR) is 110 cm³/mol. The summed E-state index contributed by atoms with van der Waals surface area (Å²) in [5.74, 6) is 0.623. The maximum Gasteiger partial charge on any atom is 0.233 e. The summed E-state index contributed by atoms with van der Waals surface area (Å²) in [6.07, 6.45) is 10.5. The van der Waals surface area contributed by atoms with Gasteiger partial charge in [-0.05, 0) is 37.3 Å². The summed E-state index contributed by atoms with van der Waals surface area (Å²) in [6.45, 7) is 6.86. The van der Waals surface area contributed by atoms with Gasteiger partial charge in [-0.25, -0.2) is 0 Å². The molecule has 1 aromatic carbocycles. The third-order valence-corrected chi connectivity index (χ3v) is 5.91. The molecule has 1 saturated carbocycles. The highest BCUT2D eigenvalue weighted by Crippen LogP contribution is 2.55. The van der Waals surface area contributed by atoms with Crippen LogP contribution < -0.4 is 5.73 Å². The van der Waals surface area contributed by atoms with E-state index in [1.807, 2.05) is 18.2 Å². The second-order valence-electron chi connectivity index (χ2n) is 7.89. The van der Waals surface area contributed by atoms with E-state index in [1.165, 1.54) is 38.5 Å². The Morgan fingerprint density at radius 2 is 1.58 bits per heavy atom. The smallest absolute Gasteiger partial charge is 0.233 e. The average molecular weight is 359 g/mol. The van der Waals surface area contributed by atoms with Gasteiger partial charge in [0, 0.05) is 13.1 Å². The standard InChI is InChI=1S/C23H38N2O/c1-3-5-7-12-16-25(17-13-8-6-4-2)22(26)23(18-21(23)19-24)20-14-10-9-11-15-20/h9-11,14-15,21H,3-8,12-13,16-19,24H2,1-2H3/t21-,23-/m0/s1. The van der Waals surface area contributed by atoms with Gasteiger partial charge in [-0.2, -0.15) is 0 Å². The Balaban J connectivity index is 2.08. The van der Waals surface area contributed by atoms with Gasteiger partial charge >= 0.3 is 0 Å². The Morgan fingerprint density at radius 3 is 2.04 bits per heavy atom. The minimum atomic E-state index is -0.356. The largest absolute Gasteiger partial charge is 0.342 e. The molecule has 26 heavy (non-hydrogen) atoms. The van der Waals surface area contributed by atoms with Gasteiger partial charge in [-0.1, -0.05) is 82.7 Å². The van der Waals surface area contributed by atoms with Crippen molar-refractivity contribution in [2.45, 2.75) is 77.0 Å². The summed E-state index contributed by atoms with van der Waals surface area (Å²) in [5, 5.41) is 0. The molecule has 1 aliphatic carbocycles. The van der Waals surface area contributed by atoms with Gasteiger partial charge in [0.05, 0.1) is 5.41 Å². The van der Waals surface area contributed by atoms with Crippen LogP contribution in [0.2, 0.25) is 0 Å². The van der Waals surface area contributed by atoms with Crippen molar-refractivity contribution in [2.24, 2.45) is 11.7 Å². The minimum Gasteiger partial charge on any atom is -0.342 e. The Labute approximate surface area is 160 Å². The lowest BCUT2D eigenvalue weighted by Gasteiger charge is -2.29. The van der Waals surface area contributed by atoms with E-state index in [0.29, 0.717) is 18.4 Å². The van der Waals surface area contributed by atoms with Crippen LogP contribution in [0.15, 0.2) is 30.3 Å². The van der Waals surface area contributed by atoms with Crippen molar-refractivity contribution in [1.82, 2.24) is 4.90 Å². The lowest BCUT2D eigenvalue weighted by atomic mass is 9.91. The molecular formula is C23H38N2O. The van der Waals surface area contributed by atoms with Crippen molar-refractivity contribution in [3.8, 4) is 0 Å². The molecule has 2 atom stereocenters. The molecule has 2 N–H and O–H groups in total. The van der Waals surface area contributed by atoms with Gasteiger partial charge in [0.15, 0.2) is 0 Å². The van der Waals surface area contributed by atoms with Crippen molar-refractivity contribution >= 4 is 5.91 Å². The summed E-state index contributed by atoms with van der Waals surface area (Å²) < 4.78 is 0. The fourth-order valence-electron chi connectivity index (χ4n) is 4.14. The molecule has 0 spiro atoms. The number of nitrogens with two attached hydrogens (primary N) is 1. The first-order chi connectivity index (χ1) is 12.7. The van der Waals surface area contributed by atoms with Crippen LogP contribution in [-0.2, 0) is 10.2 Å². The summed E-state index contributed by atoms with van der Waals surface area (Å²) in [5.41, 5.74) is 6.80. The van der Waals surface area contributed by atoms with E-state index in [1.54, 1.807) is 0 Å². The maximum absolute atomic E-state index is 13.6. The highest BCUT2D eigenvalue weighted by Gasteiger charge is 2.61. The number of hydrogen-bond donors (Lipinski definition) is 1. The SMILES string of the molecule is CCCCCCN(CCCCCC)C(=O)[C@]1(c2ccccc2)C[C@H]1CN. The van der Waals surface area contributed by atoms with Crippen LogP contribution in [0, 0.1) is 5.92 Å². The van der Waals surface area contributed by atoms with E-state index in [0.717, 1.165) is 37.9 Å². The minimum absolute atomic E-state index is 0.297. The molecule has 1 amide bonds. The highest BCUT2D eigenvalue weighted by molar-refractivity contribution is 5.92. The third-order valence-electron chi connectivity index (χ3n) is 5.91. The van der Waals surface area contributed by atoms with E-state index < -0.39 is 0 Å². The number of carbonyl (C=O) groups is 1. The number of hydrogen-bond acceptors (Lipinski definition) is 2. The maximum atomic E-state index is 13.6. The first-order valence-electron chi connectivity index (χ1n) is 10.8. The summed E-state index contributed by atoms with van der Waals surface area (Å²) >= 11 is 0. The lowest BCUT2D eigenvalue weighted by molar-refractivity contribution is -0.134. The zero-order chi connectivity index (χ0) is 18.8. The lowest BCUT2D eigenvalue weighted by Crippen LogP contribution is -2.42. The number of benzene rings is 1. The van der Waals surface area contributed by atoms with E-state index in [4.69, 9.17) is 5.73 Å². The molecule has 0 aliphatic heterocycles. The summed E-state index contributed by atoms with van der Waals surface area (Å²) in [7, 11) is 0. The topological polar surface area (TPSA) is 46.3 Å². The third kappa shape index (κ3) is 5.09. The van der Waals surface area contributed by atoms with Gasteiger partial charge in [0.25, 0.3) is 0 Å². The zero-order valence-corrected chi connectivity index (χ0v) is 16.9. The Kier molecular flexibility index (Phi) is 8.64. The van der Waals surface area contributed by atoms with E-state index in [2.05, 4.69) is 30.9 Å². The molecule has 0 radical (unpaired) electrons. The number of nitrogens with zero attached hydrogens (tertiary/aromatic N) is 1. The van der Waals surface area contributed by atoms with Crippen LogP contribution in [-0.4, -0.2) is 30.4 Å². The van der Waals surface area contributed by atoms with Crippen LogP contribution in [0.4, 0.5) is 0 Å². The normalized spacial score (nSPS) is 21.6. The van der Waals surface area contributed by atoms with Gasteiger partial charge in [-0.15, -0.1) is 0 Å². The molecule has 1 fully saturated rings. The average Bonchev–Trinajstić information content (AvgIpc) is 3.43. The molecule has 0 bridgehead atoms. The molecule has 3 heteroatoms. The zero-order valence-electron chi connectivity index (χ0n) is 16.9. The fraction of sp³-hybridized carbons (Fsp3) is 0.696. The van der Waals surface area contributed by atoms with Crippen molar-refractivity contribution in [2.75, 3.05) is 19.6 Å². The highest BCUT2D eigenvalue weighted by atomic mass is 16.2. The molecular weight excluding hydrogens is 320 g/mol. The van der Waals surface area contributed by atoms with Crippen LogP contribution in [0.1, 0.15) is 77.2 Å². The summed E-state index contributed by atoms with van der Waals surface area (Å²) in [6, 6.07) is 10.3. The van der Waals surface area contributed by atoms with E-state index >= 15 is 0 Å². The van der Waals surface area contributed by atoms with Crippen molar-refractivity contribution < 1.29 is 4.79 Å². The number of carbonyl (C=O) groups excluding carboxylic acids is 1. The Hall–Kier alpha value is -1.35. The molecule has 0 saturated heterocycles. The van der Waals surface area contributed by atoms with E-state index in [9.17, 15) is 4.79 Å². The van der Waals surface area contributed by atoms with Crippen LogP contribution in [0.5, 0.6) is 0 Å². The Morgan fingerprint density at radius 1 is 1.00 bits per heavy atom. The van der Waals surface area contributed by atoms with Crippen LogP contribution in [0.3, 0.4) is 0 Å². The molecule has 1 aromatic rings. The second-order valence-corrected chi connectivity index (χ2v) is 7.89. The quantitative estimate of drug-likeness (QED) is 0.510. The fourth-order valence-corrected chi connectivity index (χ4v) is 4.14. The molecule has 0 unspecified atom stereocenters. The van der Waals surface area contributed by atoms with Crippen molar-refractivity contribution in [3.05, 3.63) is 35.9 Å². The predicted octanol–water partition coefficient (Wildman–Crippen LogP) is 4.89. The molecule has 1 aliphatic rings. The summed E-state index contributed by atoms with van der Waals surface area (Å²) in [4.78, 5) is 15.8. The van der Waals surface area contributed by atoms with Gasteiger partial charge in [-0.3, -0.25) is 4.79 Å². The molecule has 0 aromatic heterocycles. The van der Waals surface area contributed by atoms with Gasteiger partial charge < -0.3 is 10.6 Å². The molecule has 3 nitrogen and oxygen atoms in total.